The van der Waals surface area contributed by atoms with Gasteiger partial charge < -0.3 is 10.5 Å². The zero-order valence-corrected chi connectivity index (χ0v) is 16.4. The molecule has 0 unspecified atom stereocenters. The number of benzene rings is 2. The number of rotatable bonds is 7. The van der Waals surface area contributed by atoms with Crippen molar-refractivity contribution in [1.82, 2.24) is 10.0 Å². The van der Waals surface area contributed by atoms with Gasteiger partial charge in [-0.15, -0.1) is 11.3 Å². The highest BCUT2D eigenvalue weighted by Crippen LogP contribution is 2.33. The molecule has 0 radical (unpaired) electrons. The normalized spacial score (nSPS) is 11.3. The fraction of sp³-hybridized carbons (Fsp3) is 0.200. The van der Waals surface area contributed by atoms with E-state index < -0.39 is 17.8 Å². The summed E-state index contributed by atoms with van der Waals surface area (Å²) in [6.07, 6.45) is -3.90. The van der Waals surface area contributed by atoms with Crippen molar-refractivity contribution in [2.45, 2.75) is 19.1 Å². The van der Waals surface area contributed by atoms with Gasteiger partial charge in [-0.25, -0.2) is 14.8 Å². The van der Waals surface area contributed by atoms with Crippen molar-refractivity contribution < 1.29 is 27.9 Å². The average molecular weight is 437 g/mol. The SMILES string of the molecule is NC(=O)N(O)Cc1ccc(OCCc2csc(-c3cccc(C(F)(F)F)c3)n2)cc1. The van der Waals surface area contributed by atoms with Crippen LogP contribution in [-0.4, -0.2) is 27.9 Å². The van der Waals surface area contributed by atoms with Crippen molar-refractivity contribution in [3.63, 3.8) is 0 Å². The second-order valence-electron chi connectivity index (χ2n) is 6.36. The number of amides is 2. The minimum atomic E-state index is -4.39. The Hall–Kier alpha value is -3.11. The van der Waals surface area contributed by atoms with Crippen molar-refractivity contribution in [1.29, 1.82) is 0 Å². The number of hydroxylamine groups is 2. The Labute approximate surface area is 174 Å². The highest BCUT2D eigenvalue weighted by Gasteiger charge is 2.30. The second kappa shape index (κ2) is 9.14. The minimum absolute atomic E-state index is 0.0350. The van der Waals surface area contributed by atoms with E-state index in [4.69, 9.17) is 10.5 Å². The van der Waals surface area contributed by atoms with Crippen molar-refractivity contribution in [2.75, 3.05) is 6.61 Å². The lowest BCUT2D eigenvalue weighted by atomic mass is 10.1. The molecule has 0 saturated heterocycles. The van der Waals surface area contributed by atoms with Gasteiger partial charge in [0.1, 0.15) is 10.8 Å². The van der Waals surface area contributed by atoms with Crippen molar-refractivity contribution in [3.05, 3.63) is 70.7 Å². The molecule has 6 nitrogen and oxygen atoms in total. The van der Waals surface area contributed by atoms with Gasteiger partial charge in [0.25, 0.3) is 0 Å². The summed E-state index contributed by atoms with van der Waals surface area (Å²) in [5.41, 5.74) is 6.07. The number of carbonyl (C=O) groups excluding carboxylic acids is 1. The third kappa shape index (κ3) is 5.71. The average Bonchev–Trinajstić information content (AvgIpc) is 3.17. The number of hydrogen-bond acceptors (Lipinski definition) is 5. The summed E-state index contributed by atoms with van der Waals surface area (Å²) in [5, 5.41) is 12.0. The highest BCUT2D eigenvalue weighted by atomic mass is 32.1. The van der Waals surface area contributed by atoms with E-state index in [1.807, 2.05) is 0 Å². The predicted molar refractivity (Wildman–Crippen MR) is 105 cm³/mol. The summed E-state index contributed by atoms with van der Waals surface area (Å²) in [6.45, 7) is 0.297. The van der Waals surface area contributed by atoms with Crippen molar-refractivity contribution in [2.24, 2.45) is 5.73 Å². The monoisotopic (exact) mass is 437 g/mol. The number of carbonyl (C=O) groups is 1. The van der Waals surface area contributed by atoms with Gasteiger partial charge in [0, 0.05) is 17.4 Å². The van der Waals surface area contributed by atoms with E-state index in [9.17, 15) is 23.2 Å². The molecule has 0 aliphatic heterocycles. The van der Waals surface area contributed by atoms with E-state index in [2.05, 4.69) is 4.98 Å². The lowest BCUT2D eigenvalue weighted by Gasteiger charge is -2.12. The number of aromatic nitrogens is 1. The number of nitrogens with two attached hydrogens (primary N) is 1. The second-order valence-corrected chi connectivity index (χ2v) is 7.22. The van der Waals surface area contributed by atoms with Crippen molar-refractivity contribution in [3.8, 4) is 16.3 Å². The lowest BCUT2D eigenvalue weighted by molar-refractivity contribution is -0.137. The molecule has 0 spiro atoms. The van der Waals surface area contributed by atoms with E-state index in [1.54, 1.807) is 35.7 Å². The van der Waals surface area contributed by atoms with E-state index in [1.165, 1.54) is 17.4 Å². The molecule has 2 aromatic carbocycles. The minimum Gasteiger partial charge on any atom is -0.493 e. The molecule has 158 valence electrons. The standard InChI is InChI=1S/C20H18F3N3O3S/c21-20(22,23)15-3-1-2-14(10-15)18-25-16(12-30-18)8-9-29-17-6-4-13(5-7-17)11-26(28)19(24)27/h1-7,10,12,28H,8-9,11H2,(H2,24,27). The summed E-state index contributed by atoms with van der Waals surface area (Å²) < 4.78 is 44.3. The summed E-state index contributed by atoms with van der Waals surface area (Å²) in [4.78, 5) is 15.2. The Morgan fingerprint density at radius 1 is 1.20 bits per heavy atom. The molecule has 1 aromatic heterocycles. The van der Waals surface area contributed by atoms with Gasteiger partial charge in [0.15, 0.2) is 0 Å². The van der Waals surface area contributed by atoms with Gasteiger partial charge in [-0.1, -0.05) is 24.3 Å². The molecule has 0 fully saturated rings. The Morgan fingerprint density at radius 3 is 2.60 bits per heavy atom. The fourth-order valence-electron chi connectivity index (χ4n) is 2.60. The molecular formula is C20H18F3N3O3S. The molecule has 0 atom stereocenters. The summed E-state index contributed by atoms with van der Waals surface area (Å²) in [5.74, 6) is 0.593. The quantitative estimate of drug-likeness (QED) is 0.414. The molecule has 0 bridgehead atoms. The molecule has 0 aliphatic carbocycles. The van der Waals surface area contributed by atoms with E-state index in [0.717, 1.165) is 17.8 Å². The Kier molecular flexibility index (Phi) is 6.58. The largest absolute Gasteiger partial charge is 0.493 e. The molecule has 3 rings (SSSR count). The molecular weight excluding hydrogens is 419 g/mol. The van der Waals surface area contributed by atoms with Crippen LogP contribution in [0.25, 0.3) is 10.6 Å². The summed E-state index contributed by atoms with van der Waals surface area (Å²) in [7, 11) is 0. The molecule has 10 heteroatoms. The number of primary amides is 1. The Balaban J connectivity index is 1.54. The first kappa shape index (κ1) is 21.6. The van der Waals surface area contributed by atoms with E-state index in [0.29, 0.717) is 40.0 Å². The molecule has 2 amide bonds. The number of hydrogen-bond donors (Lipinski definition) is 2. The Morgan fingerprint density at radius 2 is 1.93 bits per heavy atom. The third-order valence-corrected chi connectivity index (χ3v) is 5.07. The molecule has 3 N–H and O–H groups in total. The zero-order chi connectivity index (χ0) is 21.7. The van der Waals surface area contributed by atoms with Gasteiger partial charge in [-0.05, 0) is 29.8 Å². The van der Waals surface area contributed by atoms with Crippen LogP contribution in [0.3, 0.4) is 0 Å². The van der Waals surface area contributed by atoms with Crippen LogP contribution in [0.5, 0.6) is 5.75 Å². The van der Waals surface area contributed by atoms with Crippen LogP contribution < -0.4 is 10.5 Å². The maximum absolute atomic E-state index is 12.9. The van der Waals surface area contributed by atoms with Crippen LogP contribution in [0.15, 0.2) is 53.9 Å². The van der Waals surface area contributed by atoms with Crippen LogP contribution in [0.2, 0.25) is 0 Å². The molecule has 0 aliphatic rings. The first-order valence-corrected chi connectivity index (χ1v) is 9.70. The number of halogens is 3. The van der Waals surface area contributed by atoms with Gasteiger partial charge in [0.2, 0.25) is 0 Å². The summed E-state index contributed by atoms with van der Waals surface area (Å²) in [6, 6.07) is 10.9. The third-order valence-electron chi connectivity index (χ3n) is 4.13. The van der Waals surface area contributed by atoms with Crippen LogP contribution in [-0.2, 0) is 19.1 Å². The van der Waals surface area contributed by atoms with Gasteiger partial charge >= 0.3 is 12.2 Å². The molecule has 1 heterocycles. The maximum atomic E-state index is 12.9. The first-order valence-electron chi connectivity index (χ1n) is 8.82. The topological polar surface area (TPSA) is 88.7 Å². The lowest BCUT2D eigenvalue weighted by Crippen LogP contribution is -2.31. The van der Waals surface area contributed by atoms with Crippen LogP contribution in [0.1, 0.15) is 16.8 Å². The van der Waals surface area contributed by atoms with E-state index in [-0.39, 0.29) is 6.54 Å². The maximum Gasteiger partial charge on any atom is 0.416 e. The number of urea groups is 1. The van der Waals surface area contributed by atoms with Crippen LogP contribution in [0.4, 0.5) is 18.0 Å². The molecule has 30 heavy (non-hydrogen) atoms. The van der Waals surface area contributed by atoms with Crippen molar-refractivity contribution >= 4 is 17.4 Å². The van der Waals surface area contributed by atoms with Gasteiger partial charge in [0.05, 0.1) is 24.4 Å². The van der Waals surface area contributed by atoms with Gasteiger partial charge in [-0.3, -0.25) is 5.21 Å². The van der Waals surface area contributed by atoms with Crippen LogP contribution >= 0.6 is 11.3 Å². The first-order chi connectivity index (χ1) is 14.2. The highest BCUT2D eigenvalue weighted by molar-refractivity contribution is 7.13. The molecule has 0 saturated carbocycles. The summed E-state index contributed by atoms with van der Waals surface area (Å²) >= 11 is 1.28. The zero-order valence-electron chi connectivity index (χ0n) is 15.6. The number of thiazole rings is 1. The van der Waals surface area contributed by atoms with Gasteiger partial charge in [-0.2, -0.15) is 13.2 Å². The Bertz CT molecular complexity index is 1010. The fourth-order valence-corrected chi connectivity index (χ4v) is 3.45. The predicted octanol–water partition coefficient (Wildman–Crippen LogP) is 4.72. The number of alkyl halides is 3. The number of ether oxygens (including phenoxy) is 1. The van der Waals surface area contributed by atoms with Crippen LogP contribution in [0, 0.1) is 0 Å². The smallest absolute Gasteiger partial charge is 0.416 e. The van der Waals surface area contributed by atoms with E-state index >= 15 is 0 Å². The molecule has 3 aromatic rings. The number of nitrogens with zero attached hydrogens (tertiary/aromatic N) is 2.